The molecule has 1 atom stereocenters. The van der Waals surface area contributed by atoms with E-state index in [1.807, 2.05) is 0 Å². The monoisotopic (exact) mass is 172 g/mol. The van der Waals surface area contributed by atoms with Crippen molar-refractivity contribution in [2.75, 3.05) is 6.61 Å². The third-order valence-electron chi connectivity index (χ3n) is 2.63. The molecule has 0 aliphatic heterocycles. The summed E-state index contributed by atoms with van der Waals surface area (Å²) >= 11 is 0. The molecular weight excluding hydrogens is 148 g/mol. The quantitative estimate of drug-likeness (QED) is 0.617. The standard InChI is InChI=1S/C11H24O/c1-7-11(5,6)8-12-10(4)9(2)3/h9-10H,7-8H2,1-6H3. The van der Waals surface area contributed by atoms with Gasteiger partial charge in [-0.15, -0.1) is 0 Å². The molecule has 1 heteroatoms. The molecule has 1 unspecified atom stereocenters. The zero-order valence-electron chi connectivity index (χ0n) is 9.48. The van der Waals surface area contributed by atoms with Crippen molar-refractivity contribution in [2.45, 2.75) is 54.1 Å². The van der Waals surface area contributed by atoms with E-state index in [1.54, 1.807) is 0 Å². The molecule has 0 saturated carbocycles. The van der Waals surface area contributed by atoms with Gasteiger partial charge < -0.3 is 4.74 Å². The second kappa shape index (κ2) is 4.86. The lowest BCUT2D eigenvalue weighted by atomic mass is 9.91. The van der Waals surface area contributed by atoms with Gasteiger partial charge in [-0.2, -0.15) is 0 Å². The van der Waals surface area contributed by atoms with Gasteiger partial charge in [0.2, 0.25) is 0 Å². The molecule has 0 bridgehead atoms. The molecule has 0 amide bonds. The van der Waals surface area contributed by atoms with Crippen LogP contribution in [0.5, 0.6) is 0 Å². The van der Waals surface area contributed by atoms with Gasteiger partial charge in [0.15, 0.2) is 0 Å². The molecule has 0 fully saturated rings. The summed E-state index contributed by atoms with van der Waals surface area (Å²) in [6.45, 7) is 14.1. The van der Waals surface area contributed by atoms with Crippen LogP contribution in [0, 0.1) is 11.3 Å². The second-order valence-electron chi connectivity index (χ2n) is 4.78. The first-order valence-corrected chi connectivity index (χ1v) is 5.00. The van der Waals surface area contributed by atoms with Crippen LogP contribution in [-0.2, 0) is 4.74 Å². The van der Waals surface area contributed by atoms with Crippen molar-refractivity contribution in [3.8, 4) is 0 Å². The van der Waals surface area contributed by atoms with E-state index in [4.69, 9.17) is 4.74 Å². The summed E-state index contributed by atoms with van der Waals surface area (Å²) < 4.78 is 5.76. The van der Waals surface area contributed by atoms with Crippen molar-refractivity contribution < 1.29 is 4.74 Å². The highest BCUT2D eigenvalue weighted by atomic mass is 16.5. The fourth-order valence-electron chi connectivity index (χ4n) is 0.652. The minimum atomic E-state index is 0.336. The van der Waals surface area contributed by atoms with Crippen LogP contribution in [0.3, 0.4) is 0 Å². The highest BCUT2D eigenvalue weighted by Gasteiger charge is 2.17. The summed E-state index contributed by atoms with van der Waals surface area (Å²) in [7, 11) is 0. The smallest absolute Gasteiger partial charge is 0.0570 e. The molecule has 0 aromatic carbocycles. The molecule has 74 valence electrons. The molecule has 0 aliphatic carbocycles. The Morgan fingerprint density at radius 1 is 1.17 bits per heavy atom. The number of hydrogen-bond donors (Lipinski definition) is 0. The second-order valence-corrected chi connectivity index (χ2v) is 4.78. The predicted molar refractivity (Wildman–Crippen MR) is 54.3 cm³/mol. The Balaban J connectivity index is 3.67. The Hall–Kier alpha value is -0.0400. The summed E-state index contributed by atoms with van der Waals surface area (Å²) in [6.07, 6.45) is 1.56. The van der Waals surface area contributed by atoms with Crippen molar-refractivity contribution in [1.29, 1.82) is 0 Å². The van der Waals surface area contributed by atoms with Gasteiger partial charge in [0.1, 0.15) is 0 Å². The zero-order chi connectivity index (χ0) is 9.78. The van der Waals surface area contributed by atoms with Gasteiger partial charge in [0.05, 0.1) is 12.7 Å². The molecule has 0 aromatic rings. The lowest BCUT2D eigenvalue weighted by molar-refractivity contribution is -0.0111. The third-order valence-corrected chi connectivity index (χ3v) is 2.63. The van der Waals surface area contributed by atoms with Gasteiger partial charge in [-0.1, -0.05) is 34.6 Å². The van der Waals surface area contributed by atoms with Gasteiger partial charge in [0, 0.05) is 0 Å². The van der Waals surface area contributed by atoms with Crippen LogP contribution in [0.2, 0.25) is 0 Å². The normalized spacial score (nSPS) is 15.2. The fraction of sp³-hybridized carbons (Fsp3) is 1.00. The largest absolute Gasteiger partial charge is 0.378 e. The van der Waals surface area contributed by atoms with Gasteiger partial charge in [-0.3, -0.25) is 0 Å². The molecular formula is C11H24O. The average Bonchev–Trinajstić information content (AvgIpc) is 2.00. The molecule has 0 radical (unpaired) electrons. The lowest BCUT2D eigenvalue weighted by Gasteiger charge is -2.26. The number of hydrogen-bond acceptors (Lipinski definition) is 1. The summed E-state index contributed by atoms with van der Waals surface area (Å²) in [5, 5.41) is 0. The third kappa shape index (κ3) is 4.76. The van der Waals surface area contributed by atoms with Crippen LogP contribution in [0.25, 0.3) is 0 Å². The van der Waals surface area contributed by atoms with E-state index in [2.05, 4.69) is 41.5 Å². The minimum absolute atomic E-state index is 0.336. The number of rotatable bonds is 5. The van der Waals surface area contributed by atoms with Crippen molar-refractivity contribution in [3.05, 3.63) is 0 Å². The van der Waals surface area contributed by atoms with Crippen LogP contribution in [0.4, 0.5) is 0 Å². The minimum Gasteiger partial charge on any atom is -0.378 e. The lowest BCUT2D eigenvalue weighted by Crippen LogP contribution is -2.24. The Labute approximate surface area is 77.5 Å². The Bertz CT molecular complexity index is 116. The van der Waals surface area contributed by atoms with Crippen molar-refractivity contribution in [3.63, 3.8) is 0 Å². The summed E-state index contributed by atoms with van der Waals surface area (Å²) in [5.74, 6) is 0.623. The van der Waals surface area contributed by atoms with Crippen LogP contribution in [0.15, 0.2) is 0 Å². The predicted octanol–water partition coefficient (Wildman–Crippen LogP) is 3.48. The van der Waals surface area contributed by atoms with E-state index in [-0.39, 0.29) is 0 Å². The van der Waals surface area contributed by atoms with E-state index < -0.39 is 0 Å². The van der Waals surface area contributed by atoms with Crippen LogP contribution >= 0.6 is 0 Å². The van der Waals surface area contributed by atoms with Crippen LogP contribution in [0.1, 0.15) is 48.0 Å². The molecule has 0 N–H and O–H groups in total. The molecule has 0 spiro atoms. The highest BCUT2D eigenvalue weighted by Crippen LogP contribution is 2.21. The first-order valence-electron chi connectivity index (χ1n) is 5.00. The first kappa shape index (κ1) is 12.0. The topological polar surface area (TPSA) is 9.23 Å². The Morgan fingerprint density at radius 2 is 1.67 bits per heavy atom. The summed E-state index contributed by atoms with van der Waals surface area (Å²) in [6, 6.07) is 0. The van der Waals surface area contributed by atoms with Crippen LogP contribution < -0.4 is 0 Å². The maximum Gasteiger partial charge on any atom is 0.0570 e. The first-order chi connectivity index (χ1) is 5.39. The van der Waals surface area contributed by atoms with Gasteiger partial charge in [0.25, 0.3) is 0 Å². The SMILES string of the molecule is CCC(C)(C)COC(C)C(C)C. The van der Waals surface area contributed by atoms with E-state index >= 15 is 0 Å². The molecule has 12 heavy (non-hydrogen) atoms. The van der Waals surface area contributed by atoms with E-state index in [9.17, 15) is 0 Å². The van der Waals surface area contributed by atoms with Crippen molar-refractivity contribution in [1.82, 2.24) is 0 Å². The molecule has 0 rings (SSSR count). The van der Waals surface area contributed by atoms with E-state index in [1.165, 1.54) is 6.42 Å². The maximum absolute atomic E-state index is 5.76. The van der Waals surface area contributed by atoms with E-state index in [0.29, 0.717) is 17.4 Å². The average molecular weight is 172 g/mol. The van der Waals surface area contributed by atoms with Gasteiger partial charge in [-0.25, -0.2) is 0 Å². The molecule has 0 aromatic heterocycles. The summed E-state index contributed by atoms with van der Waals surface area (Å²) in [5.41, 5.74) is 0.336. The molecule has 1 nitrogen and oxygen atoms in total. The molecule has 0 saturated heterocycles. The Kier molecular flexibility index (Phi) is 4.84. The van der Waals surface area contributed by atoms with Gasteiger partial charge >= 0.3 is 0 Å². The van der Waals surface area contributed by atoms with E-state index in [0.717, 1.165) is 6.61 Å². The summed E-state index contributed by atoms with van der Waals surface area (Å²) in [4.78, 5) is 0. The van der Waals surface area contributed by atoms with Gasteiger partial charge in [-0.05, 0) is 24.7 Å². The molecule has 0 aliphatic rings. The molecule has 0 heterocycles. The zero-order valence-corrected chi connectivity index (χ0v) is 9.48. The fourth-order valence-corrected chi connectivity index (χ4v) is 0.652. The maximum atomic E-state index is 5.76. The van der Waals surface area contributed by atoms with Crippen LogP contribution in [-0.4, -0.2) is 12.7 Å². The highest BCUT2D eigenvalue weighted by molar-refractivity contribution is 4.66. The van der Waals surface area contributed by atoms with Crippen molar-refractivity contribution in [2.24, 2.45) is 11.3 Å². The van der Waals surface area contributed by atoms with Crippen molar-refractivity contribution >= 4 is 0 Å². The number of ether oxygens (including phenoxy) is 1. The Morgan fingerprint density at radius 3 is 2.00 bits per heavy atom.